The van der Waals surface area contributed by atoms with Gasteiger partial charge < -0.3 is 25.0 Å². The number of rotatable bonds is 5. The van der Waals surface area contributed by atoms with Gasteiger partial charge in [0.1, 0.15) is 18.1 Å². The zero-order valence-corrected chi connectivity index (χ0v) is 20.6. The Morgan fingerprint density at radius 2 is 1.89 bits per heavy atom. The van der Waals surface area contributed by atoms with Crippen LogP contribution in [0.3, 0.4) is 0 Å². The number of ether oxygens (including phenoxy) is 1. The number of likely N-dealkylation sites (tertiary alicyclic amines) is 1. The third-order valence-electron chi connectivity index (χ3n) is 6.55. The Labute approximate surface area is 213 Å². The number of hydrogen-bond donors (Lipinski definition) is 2. The second-order valence-corrected chi connectivity index (χ2v) is 9.41. The molecule has 2 aliphatic heterocycles. The van der Waals surface area contributed by atoms with E-state index in [-0.39, 0.29) is 41.0 Å². The van der Waals surface area contributed by atoms with Crippen molar-refractivity contribution >= 4 is 23.4 Å². The van der Waals surface area contributed by atoms with Crippen molar-refractivity contribution in [1.29, 1.82) is 0 Å². The topological polar surface area (TPSA) is 104 Å². The molecular formula is C26H28F2N6O3. The predicted octanol–water partition coefficient (Wildman–Crippen LogP) is 3.76. The fourth-order valence-electron chi connectivity index (χ4n) is 4.56. The van der Waals surface area contributed by atoms with E-state index in [0.717, 1.165) is 6.20 Å². The standard InChI is InChI=1S/C26H28F2N6O3/c1-15(2)34-9-10-37-24-19(27)11-17(12-21(24)34)23-20(28)14-30-26(32-23)31-22-4-3-16(13-29-22)25(36)33-7-5-18(35)6-8-33/h3-4,11-15,18,35H,5-10H2,1-2H3,(H,29,30,31,32). The van der Waals surface area contributed by atoms with Gasteiger partial charge in [0.25, 0.3) is 5.91 Å². The third-order valence-corrected chi connectivity index (χ3v) is 6.55. The Morgan fingerprint density at radius 3 is 2.59 bits per heavy atom. The van der Waals surface area contributed by atoms with Crippen LogP contribution in [0, 0.1) is 11.6 Å². The first-order chi connectivity index (χ1) is 17.8. The van der Waals surface area contributed by atoms with E-state index in [2.05, 4.69) is 20.3 Å². The fourth-order valence-corrected chi connectivity index (χ4v) is 4.56. The summed E-state index contributed by atoms with van der Waals surface area (Å²) >= 11 is 0. The number of fused-ring (bicyclic) bond motifs is 1. The molecular weight excluding hydrogens is 482 g/mol. The average molecular weight is 511 g/mol. The van der Waals surface area contributed by atoms with E-state index in [1.165, 1.54) is 12.3 Å². The molecule has 3 aromatic rings. The van der Waals surface area contributed by atoms with Crippen molar-refractivity contribution in [1.82, 2.24) is 19.9 Å². The number of aliphatic hydroxyl groups excluding tert-OH is 1. The number of carbonyl (C=O) groups is 1. The number of benzene rings is 1. The van der Waals surface area contributed by atoms with E-state index in [0.29, 0.717) is 56.2 Å². The van der Waals surface area contributed by atoms with E-state index >= 15 is 0 Å². The zero-order valence-electron chi connectivity index (χ0n) is 20.6. The molecule has 5 rings (SSSR count). The number of amides is 1. The van der Waals surface area contributed by atoms with Crippen molar-refractivity contribution in [2.24, 2.45) is 0 Å². The summed E-state index contributed by atoms with van der Waals surface area (Å²) in [4.78, 5) is 28.9. The molecule has 0 spiro atoms. The summed E-state index contributed by atoms with van der Waals surface area (Å²) in [5.41, 5.74) is 1.17. The molecule has 0 atom stereocenters. The summed E-state index contributed by atoms with van der Waals surface area (Å²) in [6, 6.07) is 6.22. The van der Waals surface area contributed by atoms with Crippen molar-refractivity contribution in [3.8, 4) is 17.0 Å². The van der Waals surface area contributed by atoms with Crippen molar-refractivity contribution in [2.45, 2.75) is 38.8 Å². The van der Waals surface area contributed by atoms with E-state index in [4.69, 9.17) is 4.74 Å². The molecule has 2 aliphatic rings. The maximum absolute atomic E-state index is 14.9. The summed E-state index contributed by atoms with van der Waals surface area (Å²) in [6.45, 7) is 5.95. The highest BCUT2D eigenvalue weighted by Crippen LogP contribution is 2.39. The van der Waals surface area contributed by atoms with Crippen LogP contribution in [0.1, 0.15) is 37.0 Å². The molecule has 1 fully saturated rings. The number of nitrogens with one attached hydrogen (secondary N) is 1. The van der Waals surface area contributed by atoms with Crippen molar-refractivity contribution < 1.29 is 23.4 Å². The first-order valence-electron chi connectivity index (χ1n) is 12.3. The van der Waals surface area contributed by atoms with Crippen LogP contribution in [0.15, 0.2) is 36.7 Å². The number of piperidine rings is 1. The van der Waals surface area contributed by atoms with E-state index in [1.54, 1.807) is 23.1 Å². The zero-order chi connectivity index (χ0) is 26.1. The van der Waals surface area contributed by atoms with Crippen molar-refractivity contribution in [3.63, 3.8) is 0 Å². The van der Waals surface area contributed by atoms with Crippen LogP contribution in [-0.4, -0.2) is 69.3 Å². The van der Waals surface area contributed by atoms with Gasteiger partial charge >= 0.3 is 0 Å². The molecule has 0 saturated carbocycles. The van der Waals surface area contributed by atoms with Crippen LogP contribution in [0.2, 0.25) is 0 Å². The van der Waals surface area contributed by atoms with Gasteiger partial charge in [0.2, 0.25) is 5.95 Å². The lowest BCUT2D eigenvalue weighted by Crippen LogP contribution is -2.40. The van der Waals surface area contributed by atoms with Crippen molar-refractivity contribution in [2.75, 3.05) is 36.5 Å². The maximum Gasteiger partial charge on any atom is 0.255 e. The van der Waals surface area contributed by atoms with Gasteiger partial charge in [0, 0.05) is 30.9 Å². The maximum atomic E-state index is 14.9. The number of pyridine rings is 1. The van der Waals surface area contributed by atoms with Crippen LogP contribution in [0.25, 0.3) is 11.3 Å². The molecule has 0 aliphatic carbocycles. The number of aliphatic hydroxyl groups is 1. The highest BCUT2D eigenvalue weighted by atomic mass is 19.1. The van der Waals surface area contributed by atoms with Crippen LogP contribution in [-0.2, 0) is 0 Å². The van der Waals surface area contributed by atoms with Crippen LogP contribution in [0.5, 0.6) is 5.75 Å². The molecule has 37 heavy (non-hydrogen) atoms. The van der Waals surface area contributed by atoms with E-state index < -0.39 is 11.6 Å². The van der Waals surface area contributed by atoms with Gasteiger partial charge in [-0.3, -0.25) is 4.79 Å². The highest BCUT2D eigenvalue weighted by Gasteiger charge is 2.26. The van der Waals surface area contributed by atoms with Gasteiger partial charge in [0.15, 0.2) is 17.4 Å². The van der Waals surface area contributed by atoms with E-state index in [9.17, 15) is 18.7 Å². The number of aromatic nitrogens is 3. The molecule has 0 unspecified atom stereocenters. The molecule has 1 amide bonds. The minimum atomic E-state index is -0.696. The predicted molar refractivity (Wildman–Crippen MR) is 134 cm³/mol. The summed E-state index contributed by atoms with van der Waals surface area (Å²) in [5, 5.41) is 12.6. The Balaban J connectivity index is 1.36. The highest BCUT2D eigenvalue weighted by molar-refractivity contribution is 5.94. The quantitative estimate of drug-likeness (QED) is 0.535. The molecule has 0 radical (unpaired) electrons. The normalized spacial score (nSPS) is 15.9. The number of nitrogens with zero attached hydrogens (tertiary/aromatic N) is 5. The Kier molecular flexibility index (Phi) is 6.88. The van der Waals surface area contributed by atoms with Crippen LogP contribution in [0.4, 0.5) is 26.2 Å². The summed E-state index contributed by atoms with van der Waals surface area (Å²) in [6.07, 6.45) is 3.20. The Morgan fingerprint density at radius 1 is 1.11 bits per heavy atom. The Bertz CT molecular complexity index is 1300. The monoisotopic (exact) mass is 510 g/mol. The molecule has 1 saturated heterocycles. The van der Waals surface area contributed by atoms with Gasteiger partial charge in [-0.1, -0.05) is 0 Å². The second kappa shape index (κ2) is 10.3. The minimum Gasteiger partial charge on any atom is -0.486 e. The smallest absolute Gasteiger partial charge is 0.255 e. The molecule has 2 aromatic heterocycles. The molecule has 11 heteroatoms. The SMILES string of the molecule is CC(C)N1CCOc2c(F)cc(-c3nc(Nc4ccc(C(=O)N5CCC(O)CC5)cn4)ncc3F)cc21. The van der Waals surface area contributed by atoms with Gasteiger partial charge in [-0.2, -0.15) is 0 Å². The molecule has 1 aromatic carbocycles. The number of carbonyl (C=O) groups excluding carboxylic acids is 1. The lowest BCUT2D eigenvalue weighted by molar-refractivity contribution is 0.0546. The third kappa shape index (κ3) is 5.17. The first kappa shape index (κ1) is 24.8. The van der Waals surface area contributed by atoms with Gasteiger partial charge in [-0.05, 0) is 51.0 Å². The fraction of sp³-hybridized carbons (Fsp3) is 0.385. The first-order valence-corrected chi connectivity index (χ1v) is 12.3. The molecule has 9 nitrogen and oxygen atoms in total. The van der Waals surface area contributed by atoms with Crippen molar-refractivity contribution in [3.05, 3.63) is 53.9 Å². The second-order valence-electron chi connectivity index (χ2n) is 9.41. The summed E-state index contributed by atoms with van der Waals surface area (Å²) in [5.74, 6) is -0.854. The van der Waals surface area contributed by atoms with Crippen LogP contribution >= 0.6 is 0 Å². The molecule has 4 heterocycles. The lowest BCUT2D eigenvalue weighted by Gasteiger charge is -2.34. The molecule has 194 valence electrons. The minimum absolute atomic E-state index is 0.0624. The average Bonchev–Trinajstić information content (AvgIpc) is 2.90. The number of hydrogen-bond acceptors (Lipinski definition) is 8. The van der Waals surface area contributed by atoms with E-state index in [1.807, 2.05) is 18.7 Å². The van der Waals surface area contributed by atoms with Gasteiger partial charge in [0.05, 0.1) is 30.1 Å². The largest absolute Gasteiger partial charge is 0.486 e. The summed E-state index contributed by atoms with van der Waals surface area (Å²) < 4.78 is 35.2. The van der Waals surface area contributed by atoms with Gasteiger partial charge in [-0.15, -0.1) is 0 Å². The number of halogens is 2. The van der Waals surface area contributed by atoms with Crippen LogP contribution < -0.4 is 15.0 Å². The Hall–Kier alpha value is -3.86. The lowest BCUT2D eigenvalue weighted by atomic mass is 10.1. The van der Waals surface area contributed by atoms with Gasteiger partial charge in [-0.25, -0.2) is 23.7 Å². The summed E-state index contributed by atoms with van der Waals surface area (Å²) in [7, 11) is 0. The number of anilines is 3. The molecule has 2 N–H and O–H groups in total. The molecule has 0 bridgehead atoms.